The lowest BCUT2D eigenvalue weighted by Gasteiger charge is -2.28. The molecule has 0 spiro atoms. The predicted molar refractivity (Wildman–Crippen MR) is 165 cm³/mol. The van der Waals surface area contributed by atoms with E-state index < -0.39 is 0 Å². The maximum absolute atomic E-state index is 12.6. The fraction of sp³-hybridized carbons (Fsp3) is 0.412. The summed E-state index contributed by atoms with van der Waals surface area (Å²) in [4.78, 5) is 24.7. The van der Waals surface area contributed by atoms with E-state index in [4.69, 9.17) is 4.74 Å². The Morgan fingerprint density at radius 2 is 1.23 bits per heavy atom. The number of rotatable bonds is 8. The highest BCUT2D eigenvalue weighted by Gasteiger charge is 2.26. The van der Waals surface area contributed by atoms with Crippen LogP contribution in [0.3, 0.4) is 0 Å². The molecule has 3 aromatic carbocycles. The SMILES string of the molecule is CC(C)(C)c1cc(CCC(=O)Nc2ccc(OCC(=O)Nc3ccccc3)cc2)cc(C(C)(C)C)c1O.CCC. The maximum atomic E-state index is 12.6. The summed E-state index contributed by atoms with van der Waals surface area (Å²) in [6.45, 7) is 16.6. The molecule has 40 heavy (non-hydrogen) atoms. The average molecular weight is 547 g/mol. The molecule has 0 saturated heterocycles. The Bertz CT molecular complexity index is 1200. The van der Waals surface area contributed by atoms with E-state index in [0.717, 1.165) is 16.7 Å². The molecule has 0 aliphatic heterocycles. The number of hydrogen-bond acceptors (Lipinski definition) is 4. The summed E-state index contributed by atoms with van der Waals surface area (Å²) < 4.78 is 5.55. The number of ether oxygens (including phenoxy) is 1. The zero-order chi connectivity index (χ0) is 29.9. The standard InChI is InChI=1S/C31H38N2O4.C3H8/c1-30(2,3)25-18-21(19-26(29(25)36)31(4,5)6)12-17-27(34)32-23-13-15-24(16-14-23)37-20-28(35)33-22-10-8-7-9-11-22;1-3-2/h7-11,13-16,18-19,36H,12,17,20H2,1-6H3,(H,32,34)(H,33,35);3H2,1-2H3. The van der Waals surface area contributed by atoms with Crippen LogP contribution in [0.5, 0.6) is 11.5 Å². The lowest BCUT2D eigenvalue weighted by molar-refractivity contribution is -0.118. The number of benzene rings is 3. The van der Waals surface area contributed by atoms with E-state index in [9.17, 15) is 14.7 Å². The number of carbonyl (C=O) groups is 2. The van der Waals surface area contributed by atoms with E-state index in [1.54, 1.807) is 24.3 Å². The van der Waals surface area contributed by atoms with Gasteiger partial charge in [0.05, 0.1) is 0 Å². The number of carbonyl (C=O) groups excluding carboxylic acids is 2. The molecule has 3 aromatic rings. The molecule has 0 aromatic heterocycles. The minimum atomic E-state index is -0.248. The minimum Gasteiger partial charge on any atom is -0.507 e. The van der Waals surface area contributed by atoms with E-state index in [1.807, 2.05) is 42.5 Å². The molecule has 0 unspecified atom stereocenters. The van der Waals surface area contributed by atoms with Crippen molar-refractivity contribution in [1.29, 1.82) is 0 Å². The van der Waals surface area contributed by atoms with Crippen LogP contribution in [0.25, 0.3) is 0 Å². The highest BCUT2D eigenvalue weighted by atomic mass is 16.5. The topological polar surface area (TPSA) is 87.7 Å². The quantitative estimate of drug-likeness (QED) is 0.267. The zero-order valence-corrected chi connectivity index (χ0v) is 25.4. The molecule has 0 heterocycles. The second-order valence-corrected chi connectivity index (χ2v) is 12.0. The summed E-state index contributed by atoms with van der Waals surface area (Å²) in [5.74, 6) is 0.531. The van der Waals surface area contributed by atoms with Gasteiger partial charge in [-0.2, -0.15) is 0 Å². The molecule has 0 atom stereocenters. The van der Waals surface area contributed by atoms with E-state index in [0.29, 0.717) is 35.7 Å². The Morgan fingerprint density at radius 1 is 0.750 bits per heavy atom. The number of para-hydroxylation sites is 1. The van der Waals surface area contributed by atoms with Crippen LogP contribution in [0.2, 0.25) is 0 Å². The van der Waals surface area contributed by atoms with Gasteiger partial charge >= 0.3 is 0 Å². The third kappa shape index (κ3) is 10.4. The Balaban J connectivity index is 0.00000178. The first-order valence-corrected chi connectivity index (χ1v) is 14.0. The number of aromatic hydroxyl groups is 1. The highest BCUT2D eigenvalue weighted by Crippen LogP contribution is 2.40. The molecule has 6 heteroatoms. The van der Waals surface area contributed by atoms with Gasteiger partial charge in [-0.15, -0.1) is 0 Å². The smallest absolute Gasteiger partial charge is 0.262 e. The molecule has 2 amide bonds. The van der Waals surface area contributed by atoms with Crippen LogP contribution < -0.4 is 15.4 Å². The van der Waals surface area contributed by atoms with E-state index in [-0.39, 0.29) is 29.3 Å². The Kier molecular flexibility index (Phi) is 11.8. The van der Waals surface area contributed by atoms with Crippen molar-refractivity contribution in [1.82, 2.24) is 0 Å². The van der Waals surface area contributed by atoms with Crippen LogP contribution in [-0.4, -0.2) is 23.5 Å². The van der Waals surface area contributed by atoms with Gasteiger partial charge < -0.3 is 20.5 Å². The Hall–Kier alpha value is -3.80. The molecule has 216 valence electrons. The number of phenols is 1. The third-order valence-electron chi connectivity index (χ3n) is 5.99. The number of nitrogens with one attached hydrogen (secondary N) is 2. The molecule has 0 aliphatic rings. The van der Waals surface area contributed by atoms with Gasteiger partial charge in [0.2, 0.25) is 5.91 Å². The lowest BCUT2D eigenvalue weighted by Crippen LogP contribution is -2.20. The molecule has 0 bridgehead atoms. The second-order valence-electron chi connectivity index (χ2n) is 12.0. The number of anilines is 2. The predicted octanol–water partition coefficient (Wildman–Crippen LogP) is 7.99. The van der Waals surface area contributed by atoms with Gasteiger partial charge in [0.25, 0.3) is 5.91 Å². The van der Waals surface area contributed by atoms with Gasteiger partial charge in [0.15, 0.2) is 6.61 Å². The van der Waals surface area contributed by atoms with Crippen molar-refractivity contribution in [3.8, 4) is 11.5 Å². The van der Waals surface area contributed by atoms with Gasteiger partial charge in [-0.05, 0) is 70.3 Å². The first-order chi connectivity index (χ1) is 18.7. The van der Waals surface area contributed by atoms with Gasteiger partial charge in [-0.3, -0.25) is 9.59 Å². The first-order valence-electron chi connectivity index (χ1n) is 14.0. The second kappa shape index (κ2) is 14.5. The van der Waals surface area contributed by atoms with E-state index in [2.05, 4.69) is 66.0 Å². The van der Waals surface area contributed by atoms with E-state index in [1.165, 1.54) is 6.42 Å². The molecule has 0 radical (unpaired) electrons. The molecule has 6 nitrogen and oxygen atoms in total. The molecule has 0 fully saturated rings. The van der Waals surface area contributed by atoms with Crippen LogP contribution in [-0.2, 0) is 26.8 Å². The normalized spacial score (nSPS) is 11.2. The van der Waals surface area contributed by atoms with Crippen molar-refractivity contribution in [2.45, 2.75) is 85.5 Å². The summed E-state index contributed by atoms with van der Waals surface area (Å²) >= 11 is 0. The molecular formula is C34H46N2O4. The highest BCUT2D eigenvalue weighted by molar-refractivity contribution is 5.92. The Labute approximate surface area is 240 Å². The van der Waals surface area contributed by atoms with E-state index >= 15 is 0 Å². The monoisotopic (exact) mass is 546 g/mol. The zero-order valence-electron chi connectivity index (χ0n) is 25.4. The van der Waals surface area contributed by atoms with Crippen molar-refractivity contribution in [3.05, 3.63) is 83.4 Å². The summed E-state index contributed by atoms with van der Waals surface area (Å²) in [5.41, 5.74) is 3.75. The van der Waals surface area contributed by atoms with Crippen molar-refractivity contribution < 1.29 is 19.4 Å². The molecule has 3 N–H and O–H groups in total. The average Bonchev–Trinajstić information content (AvgIpc) is 2.87. The van der Waals surface area contributed by atoms with Crippen LogP contribution >= 0.6 is 0 Å². The van der Waals surface area contributed by atoms with Gasteiger partial charge in [0.1, 0.15) is 11.5 Å². The number of hydrogen-bond donors (Lipinski definition) is 3. The summed E-state index contributed by atoms with van der Waals surface area (Å²) in [5, 5.41) is 16.6. The van der Waals surface area contributed by atoms with Crippen molar-refractivity contribution >= 4 is 23.2 Å². The van der Waals surface area contributed by atoms with Crippen LogP contribution in [0.4, 0.5) is 11.4 Å². The molecular weight excluding hydrogens is 500 g/mol. The van der Waals surface area contributed by atoms with Crippen LogP contribution in [0.15, 0.2) is 66.7 Å². The first kappa shape index (κ1) is 32.4. The van der Waals surface area contributed by atoms with Crippen molar-refractivity contribution in [2.75, 3.05) is 17.2 Å². The summed E-state index contributed by atoms with van der Waals surface area (Å²) in [7, 11) is 0. The minimum absolute atomic E-state index is 0.0985. The maximum Gasteiger partial charge on any atom is 0.262 e. The fourth-order valence-electron chi connectivity index (χ4n) is 3.97. The van der Waals surface area contributed by atoms with Crippen LogP contribution in [0, 0.1) is 0 Å². The summed E-state index contributed by atoms with van der Waals surface area (Å²) in [6.07, 6.45) is 2.13. The van der Waals surface area contributed by atoms with Crippen molar-refractivity contribution in [2.24, 2.45) is 0 Å². The van der Waals surface area contributed by atoms with Crippen LogP contribution in [0.1, 0.15) is 84.9 Å². The lowest BCUT2D eigenvalue weighted by atomic mass is 9.78. The fourth-order valence-corrected chi connectivity index (χ4v) is 3.97. The third-order valence-corrected chi connectivity index (χ3v) is 5.99. The van der Waals surface area contributed by atoms with Crippen molar-refractivity contribution in [3.63, 3.8) is 0 Å². The van der Waals surface area contributed by atoms with Gasteiger partial charge in [-0.1, -0.05) is 92.1 Å². The largest absolute Gasteiger partial charge is 0.507 e. The van der Waals surface area contributed by atoms with Gasteiger partial charge in [0, 0.05) is 17.8 Å². The molecule has 3 rings (SSSR count). The number of phenolic OH excluding ortho intramolecular Hbond substituents is 1. The van der Waals surface area contributed by atoms with Gasteiger partial charge in [-0.25, -0.2) is 0 Å². The number of aryl methyl sites for hydroxylation is 1. The Morgan fingerprint density at radius 3 is 1.73 bits per heavy atom. The number of amides is 2. The molecule has 0 aliphatic carbocycles. The molecule has 0 saturated carbocycles. The summed E-state index contributed by atoms with van der Waals surface area (Å²) in [6, 6.07) is 20.2.